The van der Waals surface area contributed by atoms with Crippen molar-refractivity contribution < 1.29 is 11.0 Å². The van der Waals surface area contributed by atoms with Crippen molar-refractivity contribution >= 4 is 79.0 Å². The fourth-order valence-electron chi connectivity index (χ4n) is 13.1. The first-order valence-electron chi connectivity index (χ1n) is 34.2. The Morgan fingerprint density at radius 1 is 0.314 bits per heavy atom. The second kappa shape index (κ2) is 20.3. The van der Waals surface area contributed by atoms with Gasteiger partial charge in [0, 0.05) is 44.6 Å². The lowest BCUT2D eigenvalue weighted by atomic mass is 9.33. The second-order valence-electron chi connectivity index (χ2n) is 27.7. The predicted molar refractivity (Wildman–Crippen MR) is 371 cm³/mol. The lowest BCUT2D eigenvalue weighted by molar-refractivity contribution is 0.568. The molecular formula is C82H76BN3. The maximum atomic E-state index is 9.86. The van der Waals surface area contributed by atoms with E-state index < -0.39 is 30.9 Å². The van der Waals surface area contributed by atoms with Gasteiger partial charge < -0.3 is 14.4 Å². The van der Waals surface area contributed by atoms with Gasteiger partial charge in [0.05, 0.1) is 39.1 Å². The monoisotopic (exact) mass is 1120 g/mol. The van der Waals surface area contributed by atoms with Crippen LogP contribution in [0.3, 0.4) is 0 Å². The van der Waals surface area contributed by atoms with Crippen LogP contribution < -0.4 is 26.2 Å². The van der Waals surface area contributed by atoms with Gasteiger partial charge in [0.25, 0.3) is 6.71 Å². The number of fused-ring (bicyclic) bond motifs is 7. The number of para-hydroxylation sites is 4. The van der Waals surface area contributed by atoms with Crippen LogP contribution in [0.15, 0.2) is 242 Å². The largest absolute Gasteiger partial charge is 0.311 e. The first-order valence-corrected chi connectivity index (χ1v) is 30.2. The fraction of sp³-hybridized carbons (Fsp3) is 0.195. The topological polar surface area (TPSA) is 11.4 Å². The summed E-state index contributed by atoms with van der Waals surface area (Å²) in [5.74, 6) is 0. The van der Waals surface area contributed by atoms with Crippen LogP contribution in [0.5, 0.6) is 0 Å². The molecule has 1 aromatic heterocycles. The van der Waals surface area contributed by atoms with Crippen LogP contribution in [0, 0.1) is 0 Å². The molecule has 0 atom stereocenters. The summed E-state index contributed by atoms with van der Waals surface area (Å²) in [5.41, 5.74) is 21.5. The number of anilines is 6. The predicted octanol–water partition coefficient (Wildman–Crippen LogP) is 20.7. The number of aromatic nitrogens is 1. The molecule has 0 aliphatic carbocycles. The molecule has 0 fully saturated rings. The molecule has 4 heteroatoms. The van der Waals surface area contributed by atoms with E-state index in [1.165, 1.54) is 22.3 Å². The van der Waals surface area contributed by atoms with E-state index in [1.807, 2.05) is 12.1 Å². The van der Waals surface area contributed by atoms with Crippen molar-refractivity contribution in [2.75, 3.05) is 9.80 Å². The molecule has 0 bridgehead atoms. The van der Waals surface area contributed by atoms with Gasteiger partial charge in [-0.25, -0.2) is 0 Å². The Morgan fingerprint density at radius 3 is 1.19 bits per heavy atom. The van der Waals surface area contributed by atoms with Gasteiger partial charge in [0.1, 0.15) is 0 Å². The fourth-order valence-corrected chi connectivity index (χ4v) is 13.1. The standard InChI is InChI=1S/C82H76BN3/c1-79(2,3)59-43-57(44-60(49-59)80(4,5)6)55-40-42-74-69(47-55)83-68-41-39-56(58-45-61(81(7,8)9)50-62(46-58)82(10,11)12)48-75(68)86(71-36-24-20-32-65(71)54-29-17-14-18-30-54)77-52-63(84-72-37-25-21-33-66(72)67-34-22-26-38-73(67)84)51-76(78(77)83)85(74)70-35-23-19-31-64(70)53-27-15-13-16-28-53/h13-52H,1-12H3/i21D,22D,25D,26D,33D,34D,37D,38D. The van der Waals surface area contributed by atoms with Gasteiger partial charge in [0.15, 0.2) is 0 Å². The summed E-state index contributed by atoms with van der Waals surface area (Å²) in [6.07, 6.45) is 0. The van der Waals surface area contributed by atoms with Crippen LogP contribution in [0.25, 0.3) is 72.0 Å². The van der Waals surface area contributed by atoms with E-state index in [4.69, 9.17) is 2.74 Å². The van der Waals surface area contributed by atoms with Gasteiger partial charge in [-0.3, -0.25) is 0 Å². The molecule has 0 saturated carbocycles. The molecule has 14 rings (SSSR count). The molecule has 422 valence electrons. The Bertz CT molecular complexity index is 4980. The molecule has 86 heavy (non-hydrogen) atoms. The van der Waals surface area contributed by atoms with Crippen LogP contribution in [0.2, 0.25) is 0 Å². The molecule has 0 saturated heterocycles. The van der Waals surface area contributed by atoms with Gasteiger partial charge in [-0.2, -0.15) is 0 Å². The maximum Gasteiger partial charge on any atom is 0.252 e. The molecular weight excluding hydrogens is 1040 g/mol. The second-order valence-corrected chi connectivity index (χ2v) is 27.7. The van der Waals surface area contributed by atoms with Crippen LogP contribution >= 0.6 is 0 Å². The van der Waals surface area contributed by atoms with Crippen molar-refractivity contribution in [3.8, 4) is 50.2 Å². The first kappa shape index (κ1) is 46.2. The summed E-state index contributed by atoms with van der Waals surface area (Å²) in [7, 11) is 0. The lowest BCUT2D eigenvalue weighted by Gasteiger charge is -2.45. The van der Waals surface area contributed by atoms with Crippen LogP contribution in [0.1, 0.15) is 116 Å². The highest BCUT2D eigenvalue weighted by Crippen LogP contribution is 2.51. The Hall–Kier alpha value is -9.12. The van der Waals surface area contributed by atoms with Crippen molar-refractivity contribution in [1.29, 1.82) is 0 Å². The zero-order chi connectivity index (χ0) is 66.6. The number of benzene rings is 11. The average molecular weight is 1120 g/mol. The average Bonchev–Trinajstić information content (AvgIpc) is 0.875. The highest BCUT2D eigenvalue weighted by Gasteiger charge is 2.45. The van der Waals surface area contributed by atoms with E-state index in [9.17, 15) is 8.22 Å². The third-order valence-electron chi connectivity index (χ3n) is 17.8. The summed E-state index contributed by atoms with van der Waals surface area (Å²) < 4.78 is 77.2. The van der Waals surface area contributed by atoms with Crippen molar-refractivity contribution in [3.05, 3.63) is 265 Å². The Kier molecular flexibility index (Phi) is 10.9. The zero-order valence-corrected chi connectivity index (χ0v) is 51.4. The van der Waals surface area contributed by atoms with E-state index in [0.29, 0.717) is 5.69 Å². The van der Waals surface area contributed by atoms with E-state index in [-0.39, 0.29) is 67.6 Å². The van der Waals surface area contributed by atoms with Crippen molar-refractivity contribution in [2.24, 2.45) is 0 Å². The van der Waals surface area contributed by atoms with E-state index >= 15 is 0 Å². The van der Waals surface area contributed by atoms with Crippen molar-refractivity contribution in [1.82, 2.24) is 4.57 Å². The summed E-state index contributed by atoms with van der Waals surface area (Å²) in [5, 5.41) is 0.0276. The van der Waals surface area contributed by atoms with Crippen LogP contribution in [0.4, 0.5) is 34.1 Å². The Balaban J connectivity index is 1.19. The third-order valence-corrected chi connectivity index (χ3v) is 17.8. The highest BCUT2D eigenvalue weighted by molar-refractivity contribution is 7.00. The molecule has 0 spiro atoms. The molecule has 3 heterocycles. The zero-order valence-electron chi connectivity index (χ0n) is 59.4. The number of hydrogen-bond donors (Lipinski definition) is 0. The normalized spacial score (nSPS) is 14.6. The summed E-state index contributed by atoms with van der Waals surface area (Å²) in [6.45, 7) is 26.9. The number of rotatable bonds is 7. The quantitative estimate of drug-likeness (QED) is 0.147. The van der Waals surface area contributed by atoms with Gasteiger partial charge in [-0.05, 0) is 142 Å². The highest BCUT2D eigenvalue weighted by atomic mass is 15.2. The smallest absolute Gasteiger partial charge is 0.252 e. The van der Waals surface area contributed by atoms with E-state index in [0.717, 1.165) is 95.0 Å². The van der Waals surface area contributed by atoms with E-state index in [1.54, 1.807) is 4.57 Å². The van der Waals surface area contributed by atoms with Crippen molar-refractivity contribution in [2.45, 2.75) is 105 Å². The summed E-state index contributed by atoms with van der Waals surface area (Å²) >= 11 is 0. The van der Waals surface area contributed by atoms with Gasteiger partial charge in [-0.15, -0.1) is 0 Å². The molecule has 3 nitrogen and oxygen atoms in total. The van der Waals surface area contributed by atoms with Crippen LogP contribution in [-0.2, 0) is 21.7 Å². The minimum Gasteiger partial charge on any atom is -0.311 e. The summed E-state index contributed by atoms with van der Waals surface area (Å²) in [6, 6.07) is 66.6. The molecule has 11 aromatic carbocycles. The molecule has 2 aliphatic heterocycles. The minimum atomic E-state index is -0.495. The first-order chi connectivity index (χ1) is 44.5. The maximum absolute atomic E-state index is 9.86. The molecule has 0 radical (unpaired) electrons. The van der Waals surface area contributed by atoms with Crippen molar-refractivity contribution in [3.63, 3.8) is 0 Å². The number of nitrogens with zero attached hydrogens (tertiary/aromatic N) is 3. The number of hydrogen-bond acceptors (Lipinski definition) is 2. The SMILES string of the molecule is [2H]c1c([2H])c([2H])c2c(c1[2H])c1c([2H])c([2H])c([2H])c([2H])c1n2-c1cc2c3c(c1)N(c1ccccc1-c1ccccc1)c1cc(-c4cc(C(C)(C)C)cc(C(C)(C)C)c4)ccc1B3c1cc(-c3cc(C(C)(C)C)cc(C(C)(C)C)c3)ccc1N2c1ccccc1-c1ccccc1. The molecule has 0 N–H and O–H groups in total. The van der Waals surface area contributed by atoms with Crippen LogP contribution in [-0.4, -0.2) is 11.3 Å². The molecule has 0 amide bonds. The van der Waals surface area contributed by atoms with Gasteiger partial charge >= 0.3 is 0 Å². The Labute approximate surface area is 521 Å². The van der Waals surface area contributed by atoms with Gasteiger partial charge in [-0.1, -0.05) is 277 Å². The molecule has 0 unspecified atom stereocenters. The molecule has 12 aromatic rings. The third kappa shape index (κ3) is 9.37. The molecule has 2 aliphatic rings. The van der Waals surface area contributed by atoms with E-state index in [2.05, 4.69) is 275 Å². The minimum absolute atomic E-state index is 0.0138. The lowest BCUT2D eigenvalue weighted by Crippen LogP contribution is -2.61. The van der Waals surface area contributed by atoms with Gasteiger partial charge in [0.2, 0.25) is 0 Å². The Morgan fingerprint density at radius 2 is 0.721 bits per heavy atom. The summed E-state index contributed by atoms with van der Waals surface area (Å²) in [4.78, 5) is 4.74.